The molecule has 1 aromatic rings. The van der Waals surface area contributed by atoms with Crippen molar-refractivity contribution >= 4 is 13.5 Å². The van der Waals surface area contributed by atoms with Gasteiger partial charge in [0.05, 0.1) is 6.61 Å². The minimum absolute atomic E-state index is 0.101. The standard InChI is InChI=1S/C19H26NO4P/c1-4-7-13-25(22,24-6-3)19(14-17(19)5-2)20-18(21)23-15-16-11-9-8-10-12-16/h5,7-13,17H,2,4,6,14-15H2,1,3H3,(H,20,21). The van der Waals surface area contributed by atoms with E-state index < -0.39 is 18.7 Å². The van der Waals surface area contributed by atoms with Gasteiger partial charge in [0, 0.05) is 5.92 Å². The Labute approximate surface area is 149 Å². The number of amides is 1. The normalized spacial score (nSPS) is 24.5. The van der Waals surface area contributed by atoms with Gasteiger partial charge in [0.2, 0.25) is 7.37 Å². The monoisotopic (exact) mass is 363 g/mol. The average Bonchev–Trinajstić information content (AvgIpc) is 3.34. The van der Waals surface area contributed by atoms with E-state index in [0.717, 1.165) is 12.0 Å². The average molecular weight is 363 g/mol. The van der Waals surface area contributed by atoms with Gasteiger partial charge in [-0.05, 0) is 31.1 Å². The first-order valence-corrected chi connectivity index (χ1v) is 10.2. The Morgan fingerprint density at radius 3 is 2.68 bits per heavy atom. The molecule has 5 nitrogen and oxygen atoms in total. The summed E-state index contributed by atoms with van der Waals surface area (Å²) in [5, 5.41) is 1.85. The first kappa shape index (κ1) is 19.5. The zero-order valence-corrected chi connectivity index (χ0v) is 15.7. The van der Waals surface area contributed by atoms with Crippen LogP contribution in [-0.2, 0) is 20.4 Å². The lowest BCUT2D eigenvalue weighted by Crippen LogP contribution is -2.38. The maximum atomic E-state index is 13.4. The third-order valence-electron chi connectivity index (χ3n) is 4.21. The van der Waals surface area contributed by atoms with Gasteiger partial charge in [-0.15, -0.1) is 6.58 Å². The van der Waals surface area contributed by atoms with Crippen molar-refractivity contribution in [3.05, 3.63) is 60.4 Å². The summed E-state index contributed by atoms with van der Waals surface area (Å²) >= 11 is 0. The molecule has 1 aliphatic rings. The molecule has 0 radical (unpaired) electrons. The Kier molecular flexibility index (Phi) is 6.63. The number of hydrogen-bond donors (Lipinski definition) is 1. The van der Waals surface area contributed by atoms with Crippen molar-refractivity contribution < 1.29 is 18.6 Å². The number of carbonyl (C=O) groups is 1. The lowest BCUT2D eigenvalue weighted by atomic mass is 10.2. The molecular formula is C19H26NO4P. The molecule has 0 spiro atoms. The number of hydrogen-bond acceptors (Lipinski definition) is 4. The van der Waals surface area contributed by atoms with E-state index in [0.29, 0.717) is 13.0 Å². The fourth-order valence-electron chi connectivity index (χ4n) is 2.80. The SMILES string of the molecule is C=CC1CC1(NC(=O)OCc1ccccc1)P(=O)(C=CCC)OCC. The highest BCUT2D eigenvalue weighted by Crippen LogP contribution is 2.73. The molecule has 2 rings (SSSR count). The van der Waals surface area contributed by atoms with E-state index in [-0.39, 0.29) is 12.5 Å². The lowest BCUT2D eigenvalue weighted by Gasteiger charge is -2.26. The van der Waals surface area contributed by atoms with Crippen LogP contribution in [-0.4, -0.2) is 18.0 Å². The summed E-state index contributed by atoms with van der Waals surface area (Å²) in [6.45, 7) is 7.99. The van der Waals surface area contributed by atoms with Crippen LogP contribution in [0.15, 0.2) is 54.9 Å². The van der Waals surface area contributed by atoms with Crippen molar-refractivity contribution in [3.8, 4) is 0 Å². The smallest absolute Gasteiger partial charge is 0.408 e. The van der Waals surface area contributed by atoms with E-state index in [9.17, 15) is 9.36 Å². The number of ether oxygens (including phenoxy) is 1. The minimum atomic E-state index is -3.21. The molecule has 1 N–H and O–H groups in total. The highest BCUT2D eigenvalue weighted by molar-refractivity contribution is 7.64. The van der Waals surface area contributed by atoms with Gasteiger partial charge in [-0.3, -0.25) is 4.57 Å². The molecule has 0 heterocycles. The third kappa shape index (κ3) is 4.42. The van der Waals surface area contributed by atoms with Gasteiger partial charge >= 0.3 is 6.09 Å². The molecule has 0 aliphatic heterocycles. The Morgan fingerprint density at radius 1 is 1.40 bits per heavy atom. The van der Waals surface area contributed by atoms with Crippen LogP contribution in [0, 0.1) is 5.92 Å². The third-order valence-corrected chi connectivity index (χ3v) is 7.20. The van der Waals surface area contributed by atoms with Gasteiger partial charge < -0.3 is 14.6 Å². The van der Waals surface area contributed by atoms with Crippen molar-refractivity contribution in [2.45, 2.75) is 38.6 Å². The molecule has 1 fully saturated rings. The fraction of sp³-hybridized carbons (Fsp3) is 0.421. The van der Waals surface area contributed by atoms with Gasteiger partial charge in [0.1, 0.15) is 11.9 Å². The van der Waals surface area contributed by atoms with E-state index in [1.807, 2.05) is 43.3 Å². The molecule has 0 aromatic heterocycles. The van der Waals surface area contributed by atoms with Crippen molar-refractivity contribution in [2.24, 2.45) is 5.92 Å². The summed E-state index contributed by atoms with van der Waals surface area (Å²) in [6, 6.07) is 9.41. The molecule has 3 atom stereocenters. The number of allylic oxidation sites excluding steroid dienone is 1. The van der Waals surface area contributed by atoms with E-state index in [1.54, 1.807) is 18.8 Å². The molecule has 0 saturated heterocycles. The predicted octanol–water partition coefficient (Wildman–Crippen LogP) is 5.05. The molecule has 136 valence electrons. The van der Waals surface area contributed by atoms with Crippen LogP contribution in [0.5, 0.6) is 0 Å². The second kappa shape index (κ2) is 8.50. The minimum Gasteiger partial charge on any atom is -0.445 e. The number of benzene rings is 1. The van der Waals surface area contributed by atoms with Crippen molar-refractivity contribution in [1.82, 2.24) is 5.32 Å². The van der Waals surface area contributed by atoms with E-state index in [1.165, 1.54) is 0 Å². The topological polar surface area (TPSA) is 64.6 Å². The molecule has 1 saturated carbocycles. The summed E-state index contributed by atoms with van der Waals surface area (Å²) < 4.78 is 24.3. The van der Waals surface area contributed by atoms with E-state index in [2.05, 4.69) is 11.9 Å². The Morgan fingerprint density at radius 2 is 2.12 bits per heavy atom. The molecule has 25 heavy (non-hydrogen) atoms. The van der Waals surface area contributed by atoms with Crippen molar-refractivity contribution in [1.29, 1.82) is 0 Å². The molecule has 1 aromatic carbocycles. The van der Waals surface area contributed by atoms with Gasteiger partial charge in [-0.25, -0.2) is 4.79 Å². The molecule has 6 heteroatoms. The maximum absolute atomic E-state index is 13.4. The highest BCUT2D eigenvalue weighted by atomic mass is 31.2. The van der Waals surface area contributed by atoms with Crippen molar-refractivity contribution in [2.75, 3.05) is 6.61 Å². The molecule has 3 unspecified atom stereocenters. The fourth-order valence-corrected chi connectivity index (χ4v) is 5.52. The van der Waals surface area contributed by atoms with Crippen molar-refractivity contribution in [3.63, 3.8) is 0 Å². The zero-order chi connectivity index (χ0) is 18.3. The van der Waals surface area contributed by atoms with Crippen LogP contribution in [0.2, 0.25) is 0 Å². The molecular weight excluding hydrogens is 337 g/mol. The second-order valence-electron chi connectivity index (χ2n) is 5.97. The van der Waals surface area contributed by atoms with Crippen LogP contribution in [0.4, 0.5) is 4.79 Å². The number of alkyl carbamates (subject to hydrolysis) is 1. The molecule has 1 amide bonds. The summed E-state index contributed by atoms with van der Waals surface area (Å²) in [6.07, 6.45) is 4.20. The van der Waals surface area contributed by atoms with Crippen LogP contribution in [0.25, 0.3) is 0 Å². The van der Waals surface area contributed by atoms with Crippen LogP contribution >= 0.6 is 7.37 Å². The summed E-state index contributed by atoms with van der Waals surface area (Å²) in [5.74, 6) is 1.51. The Balaban J connectivity index is 2.11. The van der Waals surface area contributed by atoms with Gasteiger partial charge in [0.15, 0.2) is 0 Å². The Hall–Kier alpha value is -1.84. The van der Waals surface area contributed by atoms with Crippen LogP contribution in [0.1, 0.15) is 32.3 Å². The predicted molar refractivity (Wildman–Crippen MR) is 99.5 cm³/mol. The first-order chi connectivity index (χ1) is 12.0. The number of nitrogens with one attached hydrogen (secondary N) is 1. The first-order valence-electron chi connectivity index (χ1n) is 8.54. The Bertz CT molecular complexity index is 673. The molecule has 0 bridgehead atoms. The van der Waals surface area contributed by atoms with Gasteiger partial charge in [0.25, 0.3) is 0 Å². The second-order valence-corrected chi connectivity index (χ2v) is 8.51. The van der Waals surface area contributed by atoms with Gasteiger partial charge in [-0.1, -0.05) is 49.4 Å². The maximum Gasteiger partial charge on any atom is 0.408 e. The zero-order valence-electron chi connectivity index (χ0n) is 14.8. The van der Waals surface area contributed by atoms with Crippen LogP contribution in [0.3, 0.4) is 0 Å². The summed E-state index contributed by atoms with van der Waals surface area (Å²) in [7, 11) is -3.21. The highest BCUT2D eigenvalue weighted by Gasteiger charge is 2.65. The largest absolute Gasteiger partial charge is 0.445 e. The quantitative estimate of drug-likeness (QED) is 0.492. The number of rotatable bonds is 9. The summed E-state index contributed by atoms with van der Waals surface area (Å²) in [4.78, 5) is 12.3. The van der Waals surface area contributed by atoms with Crippen LogP contribution < -0.4 is 5.32 Å². The van der Waals surface area contributed by atoms with Gasteiger partial charge in [-0.2, -0.15) is 0 Å². The van der Waals surface area contributed by atoms with E-state index in [4.69, 9.17) is 9.26 Å². The summed E-state index contributed by atoms with van der Waals surface area (Å²) in [5.41, 5.74) is 0.890. The molecule has 1 aliphatic carbocycles. The number of carbonyl (C=O) groups excluding carboxylic acids is 1. The lowest BCUT2D eigenvalue weighted by molar-refractivity contribution is 0.136. The van der Waals surface area contributed by atoms with E-state index >= 15 is 0 Å².